The number of ether oxygens (including phenoxy) is 1. The smallest absolute Gasteiger partial charge is 0.365 e. The molecule has 0 radical (unpaired) electrons. The predicted molar refractivity (Wildman–Crippen MR) is 84.5 cm³/mol. The minimum absolute atomic E-state index is 0.0753. The van der Waals surface area contributed by atoms with Gasteiger partial charge in [0.1, 0.15) is 0 Å². The summed E-state index contributed by atoms with van der Waals surface area (Å²) in [6, 6.07) is 7.51. The van der Waals surface area contributed by atoms with Gasteiger partial charge in [0.25, 0.3) is 6.23 Å². The number of nitrogens with zero attached hydrogens (tertiary/aromatic N) is 2. The number of unbranched alkanes of at least 4 members (excludes halogenated alkanes) is 1. The van der Waals surface area contributed by atoms with Crippen LogP contribution in [-0.2, 0) is 22.4 Å². The first-order valence-electron chi connectivity index (χ1n) is 8.49. The first-order valence-corrected chi connectivity index (χ1v) is 8.49. The van der Waals surface area contributed by atoms with Crippen molar-refractivity contribution in [3.8, 4) is 0 Å². The molecule has 2 heterocycles. The lowest BCUT2D eigenvalue weighted by atomic mass is 9.93. The molecule has 4 heteroatoms. The average molecular weight is 300 g/mol. The number of cyclic esters (lactones) is 1. The summed E-state index contributed by atoms with van der Waals surface area (Å²) >= 11 is 0. The normalized spacial score (nSPS) is 26.2. The number of epoxide rings is 1. The highest BCUT2D eigenvalue weighted by atomic mass is 16.7. The Balaban J connectivity index is 1.29. The number of aryl methyl sites for hydroxylation is 1. The number of benzene rings is 1. The van der Waals surface area contributed by atoms with Crippen molar-refractivity contribution < 1.29 is 9.53 Å². The molecule has 2 aliphatic heterocycles. The van der Waals surface area contributed by atoms with Crippen LogP contribution in [0.3, 0.4) is 0 Å². The summed E-state index contributed by atoms with van der Waals surface area (Å²) in [5.41, 5.74) is 4.81. The Bertz CT molecular complexity index is 586. The van der Waals surface area contributed by atoms with E-state index in [4.69, 9.17) is 4.74 Å². The maximum atomic E-state index is 10.9. The van der Waals surface area contributed by atoms with Crippen LogP contribution in [0.1, 0.15) is 42.0 Å². The van der Waals surface area contributed by atoms with Crippen molar-refractivity contribution in [3.05, 3.63) is 34.9 Å². The largest absolute Gasteiger partial charge is 0.431 e. The summed E-state index contributed by atoms with van der Waals surface area (Å²) in [5.74, 6) is -0.0753. The van der Waals surface area contributed by atoms with Gasteiger partial charge in [-0.2, -0.15) is 0 Å². The van der Waals surface area contributed by atoms with E-state index < -0.39 is 0 Å². The third-order valence-corrected chi connectivity index (χ3v) is 5.39. The molecule has 1 aromatic carbocycles. The highest BCUT2D eigenvalue weighted by Crippen LogP contribution is 2.41. The first kappa shape index (κ1) is 14.2. The van der Waals surface area contributed by atoms with E-state index >= 15 is 0 Å². The summed E-state index contributed by atoms with van der Waals surface area (Å²) in [5, 5.41) is 0. The van der Waals surface area contributed by atoms with Crippen LogP contribution in [0.25, 0.3) is 0 Å². The van der Waals surface area contributed by atoms with Crippen LogP contribution in [0.4, 0.5) is 0 Å². The molecule has 4 rings (SSSR count). The van der Waals surface area contributed by atoms with Gasteiger partial charge in [-0.25, -0.2) is 4.79 Å². The summed E-state index contributed by atoms with van der Waals surface area (Å²) in [4.78, 5) is 15.6. The Labute approximate surface area is 132 Å². The molecule has 1 fully saturated rings. The van der Waals surface area contributed by atoms with Gasteiger partial charge in [-0.15, -0.1) is 0 Å². The van der Waals surface area contributed by atoms with Gasteiger partial charge in [0.05, 0.1) is 0 Å². The molecule has 0 amide bonds. The first-order chi connectivity index (χ1) is 10.7. The van der Waals surface area contributed by atoms with Crippen molar-refractivity contribution >= 4 is 5.97 Å². The van der Waals surface area contributed by atoms with Crippen molar-refractivity contribution in [2.24, 2.45) is 0 Å². The Kier molecular flexibility index (Phi) is 3.66. The van der Waals surface area contributed by atoms with Gasteiger partial charge in [0.2, 0.25) is 0 Å². The fraction of sp³-hybridized carbons (Fsp3) is 0.611. The average Bonchev–Trinajstić information content (AvgIpc) is 3.10. The van der Waals surface area contributed by atoms with E-state index in [2.05, 4.69) is 23.1 Å². The van der Waals surface area contributed by atoms with Gasteiger partial charge in [-0.3, -0.25) is 9.80 Å². The molecule has 1 aromatic rings. The molecule has 0 spiro atoms. The Morgan fingerprint density at radius 3 is 2.82 bits per heavy atom. The van der Waals surface area contributed by atoms with Crippen molar-refractivity contribution in [2.45, 2.75) is 44.4 Å². The topological polar surface area (TPSA) is 36.1 Å². The van der Waals surface area contributed by atoms with E-state index in [9.17, 15) is 4.79 Å². The highest BCUT2D eigenvalue weighted by molar-refractivity contribution is 5.86. The molecule has 1 saturated heterocycles. The number of likely N-dealkylation sites (N-methyl/N-ethyl adjacent to an activating group) is 1. The quantitative estimate of drug-likeness (QED) is 0.595. The van der Waals surface area contributed by atoms with E-state index in [-0.39, 0.29) is 12.2 Å². The van der Waals surface area contributed by atoms with E-state index in [0.29, 0.717) is 6.04 Å². The second-order valence-corrected chi connectivity index (χ2v) is 6.81. The van der Waals surface area contributed by atoms with Gasteiger partial charge in [-0.1, -0.05) is 18.2 Å². The number of hydrogen-bond donors (Lipinski definition) is 0. The molecule has 0 saturated carbocycles. The summed E-state index contributed by atoms with van der Waals surface area (Å²) in [6.45, 7) is 3.31. The summed E-state index contributed by atoms with van der Waals surface area (Å²) < 4.78 is 4.88. The minimum Gasteiger partial charge on any atom is -0.431 e. The fourth-order valence-electron chi connectivity index (χ4n) is 4.16. The summed E-state index contributed by atoms with van der Waals surface area (Å²) in [6.07, 6.45) is 5.80. The molecule has 22 heavy (non-hydrogen) atoms. The Morgan fingerprint density at radius 2 is 2.05 bits per heavy atom. The lowest BCUT2D eigenvalue weighted by Gasteiger charge is -2.35. The molecule has 0 aromatic heterocycles. The standard InChI is InChI=1S/C18H24N2O2/c1-19(17-18(21)22-17)10-2-3-11-20-12-9-14-6-4-5-13-7-8-15(20)16(13)14/h4-6,15,17H,2-3,7-12H2,1H3. The third kappa shape index (κ3) is 2.55. The maximum absolute atomic E-state index is 10.9. The van der Waals surface area contributed by atoms with Crippen molar-refractivity contribution in [1.82, 2.24) is 9.80 Å². The molecule has 2 unspecified atom stereocenters. The predicted octanol–water partition coefficient (Wildman–Crippen LogP) is 2.13. The van der Waals surface area contributed by atoms with Crippen molar-refractivity contribution in [2.75, 3.05) is 26.7 Å². The second-order valence-electron chi connectivity index (χ2n) is 6.81. The van der Waals surface area contributed by atoms with Crippen LogP contribution in [0, 0.1) is 0 Å². The van der Waals surface area contributed by atoms with Crippen LogP contribution in [-0.4, -0.2) is 48.7 Å². The van der Waals surface area contributed by atoms with E-state index in [0.717, 1.165) is 13.0 Å². The highest BCUT2D eigenvalue weighted by Gasteiger charge is 2.41. The maximum Gasteiger partial charge on any atom is 0.365 e. The van der Waals surface area contributed by atoms with Crippen LogP contribution < -0.4 is 0 Å². The number of carbonyl (C=O) groups is 1. The van der Waals surface area contributed by atoms with Gasteiger partial charge in [-0.05, 0) is 62.4 Å². The van der Waals surface area contributed by atoms with Crippen LogP contribution >= 0.6 is 0 Å². The molecule has 3 aliphatic rings. The van der Waals surface area contributed by atoms with E-state index in [1.807, 2.05) is 11.9 Å². The monoisotopic (exact) mass is 300 g/mol. The van der Waals surface area contributed by atoms with E-state index in [1.165, 1.54) is 38.8 Å². The zero-order valence-electron chi connectivity index (χ0n) is 13.3. The molecule has 0 bridgehead atoms. The molecule has 0 N–H and O–H groups in total. The fourth-order valence-corrected chi connectivity index (χ4v) is 4.16. The van der Waals surface area contributed by atoms with Crippen molar-refractivity contribution in [3.63, 3.8) is 0 Å². The molecule has 2 atom stereocenters. The molecular formula is C18H24N2O2. The van der Waals surface area contributed by atoms with Crippen LogP contribution in [0.5, 0.6) is 0 Å². The van der Waals surface area contributed by atoms with Gasteiger partial charge < -0.3 is 4.74 Å². The molecule has 4 nitrogen and oxygen atoms in total. The van der Waals surface area contributed by atoms with Crippen molar-refractivity contribution in [1.29, 1.82) is 0 Å². The van der Waals surface area contributed by atoms with Crippen LogP contribution in [0.15, 0.2) is 18.2 Å². The SMILES string of the molecule is CN(CCCCN1CCc2cccc3c2C1CC3)C1OC1=O. The minimum atomic E-state index is -0.251. The lowest BCUT2D eigenvalue weighted by Crippen LogP contribution is -2.35. The molecular weight excluding hydrogens is 276 g/mol. The molecule has 118 valence electrons. The van der Waals surface area contributed by atoms with Crippen LogP contribution in [0.2, 0.25) is 0 Å². The van der Waals surface area contributed by atoms with E-state index in [1.54, 1.807) is 16.7 Å². The lowest BCUT2D eigenvalue weighted by molar-refractivity contribution is -0.117. The molecule has 1 aliphatic carbocycles. The van der Waals surface area contributed by atoms with Gasteiger partial charge >= 0.3 is 5.97 Å². The zero-order chi connectivity index (χ0) is 15.1. The van der Waals surface area contributed by atoms with Gasteiger partial charge in [0, 0.05) is 19.1 Å². The third-order valence-electron chi connectivity index (χ3n) is 5.39. The number of rotatable bonds is 6. The van der Waals surface area contributed by atoms with Gasteiger partial charge in [0.15, 0.2) is 0 Å². The Morgan fingerprint density at radius 1 is 1.27 bits per heavy atom. The summed E-state index contributed by atoms with van der Waals surface area (Å²) in [7, 11) is 1.97. The second kappa shape index (κ2) is 5.67. The number of hydrogen-bond acceptors (Lipinski definition) is 4. The zero-order valence-corrected chi connectivity index (χ0v) is 13.3. The number of carbonyl (C=O) groups excluding carboxylic acids is 1. The Hall–Kier alpha value is -1.39.